The highest BCUT2D eigenvalue weighted by molar-refractivity contribution is 5.88. The third-order valence-corrected chi connectivity index (χ3v) is 3.69. The van der Waals surface area contributed by atoms with Crippen LogP contribution in [0.15, 0.2) is 24.3 Å². The van der Waals surface area contributed by atoms with E-state index in [-0.39, 0.29) is 11.9 Å². The molecule has 6 nitrogen and oxygen atoms in total. The van der Waals surface area contributed by atoms with Crippen LogP contribution in [0.3, 0.4) is 0 Å². The third kappa shape index (κ3) is 6.18. The molecular weight excluding hydrogens is 294 g/mol. The van der Waals surface area contributed by atoms with Crippen molar-refractivity contribution in [3.8, 4) is 5.75 Å². The van der Waals surface area contributed by atoms with E-state index in [2.05, 4.69) is 10.6 Å². The summed E-state index contributed by atoms with van der Waals surface area (Å²) in [7, 11) is 0. The average Bonchev–Trinajstić information content (AvgIpc) is 2.80. The van der Waals surface area contributed by atoms with E-state index in [0.29, 0.717) is 24.6 Å². The van der Waals surface area contributed by atoms with E-state index in [1.54, 1.807) is 12.1 Å². The number of benzene rings is 1. The van der Waals surface area contributed by atoms with Gasteiger partial charge in [-0.15, -0.1) is 0 Å². The van der Waals surface area contributed by atoms with Crippen LogP contribution in [0.2, 0.25) is 0 Å². The fourth-order valence-electron chi connectivity index (χ4n) is 2.58. The molecule has 1 fully saturated rings. The molecule has 0 aromatic heterocycles. The number of hydrogen-bond donors (Lipinski definition) is 2. The summed E-state index contributed by atoms with van der Waals surface area (Å²) in [5.41, 5.74) is 0.698. The number of likely N-dealkylation sites (tertiary alicyclic amines) is 1. The van der Waals surface area contributed by atoms with Crippen molar-refractivity contribution in [2.45, 2.75) is 32.6 Å². The average molecular weight is 319 g/mol. The van der Waals surface area contributed by atoms with E-state index in [0.717, 1.165) is 25.9 Å². The molecule has 0 atom stereocenters. The van der Waals surface area contributed by atoms with Crippen molar-refractivity contribution in [3.05, 3.63) is 24.3 Å². The molecule has 0 bridgehead atoms. The van der Waals surface area contributed by atoms with Crippen LogP contribution in [0.5, 0.6) is 5.75 Å². The Labute approximate surface area is 137 Å². The summed E-state index contributed by atoms with van der Waals surface area (Å²) in [6.45, 7) is 3.99. The van der Waals surface area contributed by atoms with Gasteiger partial charge in [-0.1, -0.05) is 18.9 Å². The maximum atomic E-state index is 12.0. The number of ether oxygens (including phenoxy) is 1. The van der Waals surface area contributed by atoms with E-state index in [9.17, 15) is 9.59 Å². The number of nitrogens with one attached hydrogen (secondary N) is 2. The molecule has 0 spiro atoms. The van der Waals surface area contributed by atoms with Crippen LogP contribution >= 0.6 is 0 Å². The van der Waals surface area contributed by atoms with Gasteiger partial charge in [0.25, 0.3) is 0 Å². The molecule has 1 aliphatic heterocycles. The van der Waals surface area contributed by atoms with Crippen molar-refractivity contribution < 1.29 is 14.3 Å². The highest BCUT2D eigenvalue weighted by atomic mass is 16.5. The number of anilines is 1. The van der Waals surface area contributed by atoms with Gasteiger partial charge >= 0.3 is 6.03 Å². The molecule has 1 heterocycles. The van der Waals surface area contributed by atoms with Gasteiger partial charge in [-0.25, -0.2) is 4.79 Å². The van der Waals surface area contributed by atoms with Gasteiger partial charge in [0.2, 0.25) is 5.91 Å². The normalized spacial score (nSPS) is 14.7. The first-order chi connectivity index (χ1) is 11.1. The zero-order valence-electron chi connectivity index (χ0n) is 13.6. The van der Waals surface area contributed by atoms with Gasteiger partial charge in [-0.05, 0) is 25.0 Å². The second-order valence-corrected chi connectivity index (χ2v) is 5.69. The summed E-state index contributed by atoms with van der Waals surface area (Å²) in [5.74, 6) is 0.548. The molecule has 0 unspecified atom stereocenters. The summed E-state index contributed by atoms with van der Waals surface area (Å²) >= 11 is 0. The molecular formula is C17H25N3O3. The van der Waals surface area contributed by atoms with Gasteiger partial charge in [-0.3, -0.25) is 4.79 Å². The minimum atomic E-state index is -0.119. The van der Waals surface area contributed by atoms with Crippen molar-refractivity contribution in [2.75, 3.05) is 31.6 Å². The van der Waals surface area contributed by atoms with Crippen molar-refractivity contribution in [1.29, 1.82) is 0 Å². The lowest BCUT2D eigenvalue weighted by atomic mass is 10.2. The number of urea groups is 1. The lowest BCUT2D eigenvalue weighted by molar-refractivity contribution is -0.114. The number of hydrogen-bond acceptors (Lipinski definition) is 3. The van der Waals surface area contributed by atoms with E-state index < -0.39 is 0 Å². The van der Waals surface area contributed by atoms with Crippen molar-refractivity contribution in [2.24, 2.45) is 0 Å². The van der Waals surface area contributed by atoms with Crippen LogP contribution in [-0.2, 0) is 4.79 Å². The topological polar surface area (TPSA) is 70.7 Å². The Hall–Kier alpha value is -2.24. The first-order valence-corrected chi connectivity index (χ1v) is 8.18. The lowest BCUT2D eigenvalue weighted by Crippen LogP contribution is -2.41. The molecule has 0 aliphatic carbocycles. The predicted octanol–water partition coefficient (Wildman–Crippen LogP) is 2.61. The quantitative estimate of drug-likeness (QED) is 0.820. The Morgan fingerprint density at radius 2 is 1.91 bits per heavy atom. The van der Waals surface area contributed by atoms with Gasteiger partial charge in [0.1, 0.15) is 12.4 Å². The standard InChI is InChI=1S/C17H25N3O3/c1-14(21)19-15-7-6-8-16(13-15)23-12-9-18-17(22)20-10-4-2-3-5-11-20/h6-8,13H,2-5,9-12H2,1H3,(H,18,22)(H,19,21). The van der Waals surface area contributed by atoms with Crippen LogP contribution in [-0.4, -0.2) is 43.1 Å². The van der Waals surface area contributed by atoms with E-state index in [1.165, 1.54) is 19.8 Å². The first kappa shape index (κ1) is 17.1. The summed E-state index contributed by atoms with van der Waals surface area (Å²) in [5, 5.41) is 5.60. The summed E-state index contributed by atoms with van der Waals surface area (Å²) in [6, 6.07) is 7.19. The number of rotatable bonds is 5. The van der Waals surface area contributed by atoms with E-state index in [1.807, 2.05) is 17.0 Å². The molecule has 3 amide bonds. The van der Waals surface area contributed by atoms with E-state index in [4.69, 9.17) is 4.74 Å². The summed E-state index contributed by atoms with van der Waals surface area (Å²) in [6.07, 6.45) is 4.58. The van der Waals surface area contributed by atoms with Crippen LogP contribution in [0, 0.1) is 0 Å². The highest BCUT2D eigenvalue weighted by Gasteiger charge is 2.14. The SMILES string of the molecule is CC(=O)Nc1cccc(OCCNC(=O)N2CCCCCC2)c1. The molecule has 126 valence electrons. The molecule has 6 heteroatoms. The lowest BCUT2D eigenvalue weighted by Gasteiger charge is -2.20. The minimum absolute atomic E-state index is 0.0116. The number of amides is 3. The summed E-state index contributed by atoms with van der Waals surface area (Å²) in [4.78, 5) is 25.0. The van der Waals surface area contributed by atoms with Crippen LogP contribution in [0.1, 0.15) is 32.6 Å². The van der Waals surface area contributed by atoms with Crippen molar-refractivity contribution >= 4 is 17.6 Å². The number of carbonyl (C=O) groups excluding carboxylic acids is 2. The Morgan fingerprint density at radius 1 is 1.17 bits per heavy atom. The van der Waals surface area contributed by atoms with Gasteiger partial charge in [0.15, 0.2) is 0 Å². The number of nitrogens with zero attached hydrogens (tertiary/aromatic N) is 1. The van der Waals surface area contributed by atoms with Crippen molar-refractivity contribution in [1.82, 2.24) is 10.2 Å². The first-order valence-electron chi connectivity index (χ1n) is 8.18. The Kier molecular flexibility index (Phi) is 6.72. The smallest absolute Gasteiger partial charge is 0.317 e. The maximum absolute atomic E-state index is 12.0. The molecule has 0 radical (unpaired) electrons. The molecule has 1 aromatic carbocycles. The summed E-state index contributed by atoms with van der Waals surface area (Å²) < 4.78 is 5.61. The molecule has 2 N–H and O–H groups in total. The van der Waals surface area contributed by atoms with Crippen molar-refractivity contribution in [3.63, 3.8) is 0 Å². The molecule has 0 saturated carbocycles. The Balaban J connectivity index is 1.70. The Bertz CT molecular complexity index is 526. The van der Waals surface area contributed by atoms with Gasteiger partial charge in [0.05, 0.1) is 6.54 Å². The fraction of sp³-hybridized carbons (Fsp3) is 0.529. The van der Waals surface area contributed by atoms with Gasteiger partial charge < -0.3 is 20.3 Å². The minimum Gasteiger partial charge on any atom is -0.492 e. The largest absolute Gasteiger partial charge is 0.492 e. The zero-order chi connectivity index (χ0) is 16.5. The zero-order valence-corrected chi connectivity index (χ0v) is 13.6. The third-order valence-electron chi connectivity index (χ3n) is 3.69. The molecule has 2 rings (SSSR count). The van der Waals surface area contributed by atoms with Crippen LogP contribution < -0.4 is 15.4 Å². The predicted molar refractivity (Wildman–Crippen MR) is 89.7 cm³/mol. The van der Waals surface area contributed by atoms with Gasteiger partial charge in [0, 0.05) is 31.8 Å². The molecule has 1 aliphatic rings. The maximum Gasteiger partial charge on any atom is 0.317 e. The van der Waals surface area contributed by atoms with Crippen LogP contribution in [0.25, 0.3) is 0 Å². The van der Waals surface area contributed by atoms with Crippen LogP contribution in [0.4, 0.5) is 10.5 Å². The molecule has 1 saturated heterocycles. The second-order valence-electron chi connectivity index (χ2n) is 5.69. The van der Waals surface area contributed by atoms with E-state index >= 15 is 0 Å². The monoisotopic (exact) mass is 319 g/mol. The van der Waals surface area contributed by atoms with Gasteiger partial charge in [-0.2, -0.15) is 0 Å². The number of carbonyl (C=O) groups is 2. The molecule has 23 heavy (non-hydrogen) atoms. The molecule has 1 aromatic rings. The second kappa shape index (κ2) is 9.02. The highest BCUT2D eigenvalue weighted by Crippen LogP contribution is 2.17. The fourth-order valence-corrected chi connectivity index (χ4v) is 2.58. The Morgan fingerprint density at radius 3 is 2.61 bits per heavy atom.